The SMILES string of the molecule is CC(C)c1cccc(C(C)C)c1N(c1c(C(C)C)cccc1C(C)C)c1cc(N(c2c(C(C)C)cccc2C(C)C)c2c(C(C)C)cccc2C(C)C)c2ccc3c(N(c4c(C(C)C)cccc4C(C)C)c4c(C(C)C)cccc4C(C)C)cc(N(c4c(C(C)C)cccc4C(C)C)c4c(C(C)C)cccc4C(C)C)c4ccc1c2c43. The smallest absolute Gasteiger partial charge is 0.0562 e. The molecule has 116 heavy (non-hydrogen) atoms. The Kier molecular flexibility index (Phi) is 25.9. The third-order valence-electron chi connectivity index (χ3n) is 25.3. The predicted octanol–water partition coefficient (Wildman–Crippen LogP) is 36.4. The summed E-state index contributed by atoms with van der Waals surface area (Å²) in [6.45, 7) is 77.7. The summed E-state index contributed by atoms with van der Waals surface area (Å²) in [5.41, 5.74) is 36.4. The number of nitrogens with zero attached hydrogens (tertiary/aromatic N) is 4. The molecule has 0 unspecified atom stereocenters. The van der Waals surface area contributed by atoms with Crippen molar-refractivity contribution in [3.05, 3.63) is 271 Å². The molecule has 0 aliphatic carbocycles. The van der Waals surface area contributed by atoms with Crippen LogP contribution in [0, 0.1) is 0 Å². The summed E-state index contributed by atoms with van der Waals surface area (Å²) in [5, 5.41) is 7.41. The molecule has 0 saturated carbocycles. The first kappa shape index (κ1) is 86.2. The molecule has 4 nitrogen and oxygen atoms in total. The average molecular weight is 1540 g/mol. The minimum atomic E-state index is 0.179. The van der Waals surface area contributed by atoms with Gasteiger partial charge >= 0.3 is 0 Å². The molecule has 0 aliphatic heterocycles. The first-order valence-electron chi connectivity index (χ1n) is 45.0. The van der Waals surface area contributed by atoms with E-state index < -0.39 is 0 Å². The summed E-state index contributed by atoms with van der Waals surface area (Å²) in [4.78, 5) is 11.5. The van der Waals surface area contributed by atoms with Gasteiger partial charge in [-0.25, -0.2) is 0 Å². The van der Waals surface area contributed by atoms with Crippen LogP contribution >= 0.6 is 0 Å². The molecular formula is C112H142N4. The van der Waals surface area contributed by atoms with E-state index in [2.05, 4.69) is 423 Å². The van der Waals surface area contributed by atoms with E-state index in [1.807, 2.05) is 0 Å². The largest absolute Gasteiger partial charge is 0.309 e. The maximum absolute atomic E-state index is 2.88. The second-order valence-corrected chi connectivity index (χ2v) is 39.0. The molecule has 0 radical (unpaired) electrons. The van der Waals surface area contributed by atoms with Crippen LogP contribution in [0.2, 0.25) is 0 Å². The summed E-state index contributed by atoms with van der Waals surface area (Å²) in [6.07, 6.45) is 0. The van der Waals surface area contributed by atoms with Gasteiger partial charge in [-0.3, -0.25) is 0 Å². The van der Waals surface area contributed by atoms with Crippen molar-refractivity contribution in [3.63, 3.8) is 0 Å². The van der Waals surface area contributed by atoms with Gasteiger partial charge in [0.2, 0.25) is 0 Å². The number of rotatable bonds is 28. The van der Waals surface area contributed by atoms with E-state index in [1.54, 1.807) is 0 Å². The van der Waals surface area contributed by atoms with Crippen LogP contribution in [-0.4, -0.2) is 0 Å². The van der Waals surface area contributed by atoms with E-state index in [1.165, 1.54) is 190 Å². The summed E-state index contributed by atoms with van der Waals surface area (Å²) in [5.74, 6) is 2.87. The molecule has 0 fully saturated rings. The third kappa shape index (κ3) is 15.7. The fraction of sp³-hybridized carbons (Fsp3) is 0.429. The zero-order valence-corrected chi connectivity index (χ0v) is 77.3. The molecule has 0 aliphatic rings. The number of benzene rings is 12. The highest BCUT2D eigenvalue weighted by Crippen LogP contribution is 2.62. The van der Waals surface area contributed by atoms with Crippen LogP contribution in [0.5, 0.6) is 0 Å². The zero-order chi connectivity index (χ0) is 84.4. The molecule has 0 bridgehead atoms. The molecule has 0 N–H and O–H groups in total. The zero-order valence-electron chi connectivity index (χ0n) is 77.3. The minimum absolute atomic E-state index is 0.179. The highest BCUT2D eigenvalue weighted by Gasteiger charge is 2.39. The van der Waals surface area contributed by atoms with Gasteiger partial charge < -0.3 is 19.6 Å². The lowest BCUT2D eigenvalue weighted by molar-refractivity contribution is 0.813. The number of anilines is 12. The van der Waals surface area contributed by atoms with Gasteiger partial charge in [-0.15, -0.1) is 0 Å². The van der Waals surface area contributed by atoms with E-state index in [9.17, 15) is 0 Å². The van der Waals surface area contributed by atoms with Crippen LogP contribution in [0.25, 0.3) is 32.3 Å². The lowest BCUT2D eigenvalue weighted by atomic mass is 9.84. The Morgan fingerprint density at radius 2 is 0.233 bits per heavy atom. The lowest BCUT2D eigenvalue weighted by Crippen LogP contribution is -2.23. The standard InChI is InChI=1S/C112H142N4/c1-63(2)79-41-33-42-80(64(3)4)105(79)113(106-81(65(5)6)43-34-44-82(106)66(7)8)99-61-100(114(107-83(67(9)10)45-35-46-84(107)68(11)12)108-85(69(13)14)47-36-48-86(108)70(15)16)96-59-60-98-102(116(111-91(75(25)26)53-39-54-92(111)76(27)28)112-93(77(29)30)55-40-56-94(112)78(31)32)62-101(97-58-57-95(99)103(96)104(97)98)115(109-87(71(17)18)49-37-50-88(109)72(19)20)110-89(73(21)22)51-38-52-90(110)74(23)24/h33-78H,1-32H3. The highest BCUT2D eigenvalue weighted by atomic mass is 15.2. The molecule has 0 spiro atoms. The highest BCUT2D eigenvalue weighted by molar-refractivity contribution is 6.33. The summed E-state index contributed by atoms with van der Waals surface area (Å²) >= 11 is 0. The van der Waals surface area contributed by atoms with Crippen molar-refractivity contribution in [1.29, 1.82) is 0 Å². The fourth-order valence-corrected chi connectivity index (χ4v) is 19.2. The normalized spacial score (nSPS) is 12.5. The number of hydrogen-bond donors (Lipinski definition) is 0. The van der Waals surface area contributed by atoms with Crippen LogP contribution in [0.1, 0.15) is 405 Å². The maximum Gasteiger partial charge on any atom is 0.0562 e. The molecule has 610 valence electrons. The second kappa shape index (κ2) is 34.8. The molecule has 12 aromatic rings. The molecule has 0 saturated heterocycles. The van der Waals surface area contributed by atoms with Crippen molar-refractivity contribution in [2.45, 2.75) is 316 Å². The Bertz CT molecular complexity index is 4370. The predicted molar refractivity (Wildman–Crippen MR) is 514 cm³/mol. The summed E-state index contributed by atoms with van der Waals surface area (Å²) in [6, 6.07) is 74.1. The van der Waals surface area contributed by atoms with E-state index in [4.69, 9.17) is 0 Å². The van der Waals surface area contributed by atoms with E-state index in [0.29, 0.717) is 0 Å². The first-order chi connectivity index (χ1) is 54.9. The van der Waals surface area contributed by atoms with Crippen LogP contribution in [0.15, 0.2) is 182 Å². The van der Waals surface area contributed by atoms with E-state index in [-0.39, 0.29) is 94.7 Å². The van der Waals surface area contributed by atoms with E-state index in [0.717, 1.165) is 0 Å². The summed E-state index contributed by atoms with van der Waals surface area (Å²) in [7, 11) is 0. The topological polar surface area (TPSA) is 13.0 Å². The Balaban J connectivity index is 1.54. The van der Waals surface area contributed by atoms with E-state index >= 15 is 0 Å². The lowest BCUT2D eigenvalue weighted by Gasteiger charge is -2.41. The Morgan fingerprint density at radius 1 is 0.138 bits per heavy atom. The van der Waals surface area contributed by atoms with Gasteiger partial charge in [0.25, 0.3) is 0 Å². The Labute approximate surface area is 702 Å². The van der Waals surface area contributed by atoms with Gasteiger partial charge in [-0.1, -0.05) is 391 Å². The van der Waals surface area contributed by atoms with Gasteiger partial charge in [-0.05, 0) is 196 Å². The quantitative estimate of drug-likeness (QED) is 0.0453. The second-order valence-electron chi connectivity index (χ2n) is 39.0. The maximum atomic E-state index is 2.88. The first-order valence-corrected chi connectivity index (χ1v) is 45.0. The van der Waals surface area contributed by atoms with Gasteiger partial charge in [0.05, 0.1) is 68.2 Å². The number of para-hydroxylation sites is 8. The molecule has 0 atom stereocenters. The van der Waals surface area contributed by atoms with Crippen molar-refractivity contribution in [2.75, 3.05) is 19.6 Å². The van der Waals surface area contributed by atoms with Crippen molar-refractivity contribution in [1.82, 2.24) is 0 Å². The fourth-order valence-electron chi connectivity index (χ4n) is 19.2. The van der Waals surface area contributed by atoms with Crippen molar-refractivity contribution < 1.29 is 0 Å². The van der Waals surface area contributed by atoms with Crippen LogP contribution in [0.4, 0.5) is 68.2 Å². The van der Waals surface area contributed by atoms with Gasteiger partial charge in [0.15, 0.2) is 0 Å². The van der Waals surface area contributed by atoms with Gasteiger partial charge in [0, 0.05) is 32.3 Å². The van der Waals surface area contributed by atoms with Crippen molar-refractivity contribution in [2.24, 2.45) is 0 Å². The molecular weight excluding hydrogens is 1400 g/mol. The minimum Gasteiger partial charge on any atom is -0.309 e. The van der Waals surface area contributed by atoms with Crippen LogP contribution in [-0.2, 0) is 0 Å². The molecule has 0 heterocycles. The third-order valence-corrected chi connectivity index (χ3v) is 25.3. The molecule has 4 heteroatoms. The van der Waals surface area contributed by atoms with Crippen molar-refractivity contribution in [3.8, 4) is 0 Å². The molecule has 0 amide bonds. The number of hydrogen-bond acceptors (Lipinski definition) is 4. The monoisotopic (exact) mass is 1540 g/mol. The summed E-state index contributed by atoms with van der Waals surface area (Å²) < 4.78 is 0. The average Bonchev–Trinajstić information content (AvgIpc) is 0.689. The molecule has 12 aromatic carbocycles. The van der Waals surface area contributed by atoms with Crippen LogP contribution < -0.4 is 19.6 Å². The Hall–Kier alpha value is -9.12. The molecule has 0 aromatic heterocycles. The Morgan fingerprint density at radius 3 is 0.319 bits per heavy atom. The van der Waals surface area contributed by atoms with Crippen molar-refractivity contribution >= 4 is 101 Å². The molecule has 12 rings (SSSR count). The van der Waals surface area contributed by atoms with Gasteiger partial charge in [-0.2, -0.15) is 0 Å². The van der Waals surface area contributed by atoms with Gasteiger partial charge in [0.1, 0.15) is 0 Å². The van der Waals surface area contributed by atoms with Crippen LogP contribution in [0.3, 0.4) is 0 Å².